The summed E-state index contributed by atoms with van der Waals surface area (Å²) in [6.07, 6.45) is 3.98. The molecule has 0 spiro atoms. The first kappa shape index (κ1) is 14.7. The van der Waals surface area contributed by atoms with E-state index in [0.29, 0.717) is 12.5 Å². The maximum atomic E-state index is 5.81. The van der Waals surface area contributed by atoms with Crippen LogP contribution in [0.25, 0.3) is 0 Å². The van der Waals surface area contributed by atoms with E-state index >= 15 is 0 Å². The van der Waals surface area contributed by atoms with Crippen molar-refractivity contribution < 1.29 is 4.74 Å². The summed E-state index contributed by atoms with van der Waals surface area (Å²) < 4.78 is 5.81. The van der Waals surface area contributed by atoms with E-state index in [0.717, 1.165) is 29.3 Å². The number of nitrogens with zero attached hydrogens (tertiary/aromatic N) is 1. The number of rotatable bonds is 7. The Balaban J connectivity index is 1.77. The molecule has 0 saturated heterocycles. The van der Waals surface area contributed by atoms with Crippen molar-refractivity contribution in [2.75, 3.05) is 12.9 Å². The number of hydrogen-bond donors (Lipinski definition) is 0. The zero-order chi connectivity index (χ0) is 13.5. The fraction of sp³-hybridized carbons (Fsp3) is 0.357. The Morgan fingerprint density at radius 2 is 2.21 bits per heavy atom. The Morgan fingerprint density at radius 3 is 2.95 bits per heavy atom. The molecule has 0 aliphatic heterocycles. The summed E-state index contributed by atoms with van der Waals surface area (Å²) in [5, 5.41) is 3.16. The third kappa shape index (κ3) is 4.41. The highest BCUT2D eigenvalue weighted by Gasteiger charge is 2.03. The maximum Gasteiger partial charge on any atom is 0.132 e. The van der Waals surface area contributed by atoms with Crippen LogP contribution in [0.15, 0.2) is 34.5 Å². The Labute approximate surface area is 127 Å². The van der Waals surface area contributed by atoms with Gasteiger partial charge in [0.15, 0.2) is 0 Å². The standard InChI is InChI=1S/C14H16ClNOS2/c1-18-13-6-3-2-5-12(13)17-8-4-7-14-16-11(9-15)10-19-14/h2-3,5-6,10H,4,7-9H2,1H3. The second kappa shape index (κ2) is 7.78. The van der Waals surface area contributed by atoms with Crippen LogP contribution in [-0.4, -0.2) is 17.8 Å². The smallest absolute Gasteiger partial charge is 0.132 e. The van der Waals surface area contributed by atoms with Crippen LogP contribution in [0.1, 0.15) is 17.1 Å². The molecule has 2 rings (SSSR count). The molecule has 1 heterocycles. The molecule has 0 amide bonds. The molecule has 0 radical (unpaired) electrons. The predicted octanol–water partition coefficient (Wildman–Crippen LogP) is 4.62. The van der Waals surface area contributed by atoms with E-state index in [1.54, 1.807) is 23.1 Å². The van der Waals surface area contributed by atoms with Gasteiger partial charge in [0.05, 0.1) is 23.2 Å². The molecule has 0 N–H and O–H groups in total. The molecular formula is C14H16ClNOS2. The van der Waals surface area contributed by atoms with Crippen molar-refractivity contribution in [3.63, 3.8) is 0 Å². The minimum absolute atomic E-state index is 0.494. The summed E-state index contributed by atoms with van der Waals surface area (Å²) in [7, 11) is 0. The van der Waals surface area contributed by atoms with Crippen molar-refractivity contribution in [1.82, 2.24) is 4.98 Å². The number of alkyl halides is 1. The quantitative estimate of drug-likeness (QED) is 0.423. The van der Waals surface area contributed by atoms with Crippen molar-refractivity contribution in [2.45, 2.75) is 23.6 Å². The van der Waals surface area contributed by atoms with E-state index in [1.165, 1.54) is 4.90 Å². The summed E-state index contributed by atoms with van der Waals surface area (Å²) in [5.41, 5.74) is 0.968. The first-order valence-electron chi connectivity index (χ1n) is 6.08. The van der Waals surface area contributed by atoms with Gasteiger partial charge in [-0.15, -0.1) is 34.7 Å². The topological polar surface area (TPSA) is 22.1 Å². The van der Waals surface area contributed by atoms with Crippen molar-refractivity contribution in [3.8, 4) is 5.75 Å². The SMILES string of the molecule is CSc1ccccc1OCCCc1nc(CCl)cs1. The molecule has 2 aromatic rings. The molecule has 1 aromatic carbocycles. The number of ether oxygens (including phenoxy) is 1. The molecule has 2 nitrogen and oxygen atoms in total. The van der Waals surface area contributed by atoms with Crippen LogP contribution < -0.4 is 4.74 Å². The second-order valence-electron chi connectivity index (χ2n) is 3.97. The van der Waals surface area contributed by atoms with Gasteiger partial charge >= 0.3 is 0 Å². The van der Waals surface area contributed by atoms with Gasteiger partial charge in [-0.3, -0.25) is 0 Å². The summed E-state index contributed by atoms with van der Waals surface area (Å²) in [4.78, 5) is 5.62. The third-order valence-corrected chi connectivity index (χ3v) is 4.61. The van der Waals surface area contributed by atoms with Crippen molar-refractivity contribution in [2.24, 2.45) is 0 Å². The number of aryl methyl sites for hydroxylation is 1. The van der Waals surface area contributed by atoms with Crippen LogP contribution in [0.4, 0.5) is 0 Å². The fourth-order valence-electron chi connectivity index (χ4n) is 1.67. The average molecular weight is 314 g/mol. The Bertz CT molecular complexity index is 516. The Kier molecular flexibility index (Phi) is 6.01. The monoisotopic (exact) mass is 313 g/mol. The molecule has 102 valence electrons. The van der Waals surface area contributed by atoms with Gasteiger partial charge in [0.1, 0.15) is 5.75 Å². The van der Waals surface area contributed by atoms with Gasteiger partial charge in [0, 0.05) is 16.7 Å². The molecule has 0 aliphatic rings. The summed E-state index contributed by atoms with van der Waals surface area (Å²) in [6.45, 7) is 0.716. The van der Waals surface area contributed by atoms with Crippen LogP contribution in [0, 0.1) is 0 Å². The van der Waals surface area contributed by atoms with Gasteiger partial charge in [-0.1, -0.05) is 12.1 Å². The highest BCUT2D eigenvalue weighted by molar-refractivity contribution is 7.98. The minimum Gasteiger partial charge on any atom is -0.492 e. The molecule has 0 aliphatic carbocycles. The Morgan fingerprint density at radius 1 is 1.37 bits per heavy atom. The number of thiazole rings is 1. The molecule has 5 heteroatoms. The average Bonchev–Trinajstić information content (AvgIpc) is 2.92. The van der Waals surface area contributed by atoms with Crippen molar-refractivity contribution >= 4 is 34.7 Å². The zero-order valence-electron chi connectivity index (χ0n) is 10.8. The third-order valence-electron chi connectivity index (χ3n) is 2.60. The van der Waals surface area contributed by atoms with Crippen molar-refractivity contribution in [3.05, 3.63) is 40.3 Å². The molecular weight excluding hydrogens is 298 g/mol. The van der Waals surface area contributed by atoms with Crippen LogP contribution in [0.2, 0.25) is 0 Å². The van der Waals surface area contributed by atoms with Crippen molar-refractivity contribution in [1.29, 1.82) is 0 Å². The number of benzene rings is 1. The minimum atomic E-state index is 0.494. The summed E-state index contributed by atoms with van der Waals surface area (Å²) >= 11 is 9.11. The van der Waals surface area contributed by atoms with Gasteiger partial charge in [0.25, 0.3) is 0 Å². The maximum absolute atomic E-state index is 5.81. The second-order valence-corrected chi connectivity index (χ2v) is 6.03. The summed E-state index contributed by atoms with van der Waals surface area (Å²) in [6, 6.07) is 8.12. The van der Waals surface area contributed by atoms with Gasteiger partial charge < -0.3 is 4.74 Å². The molecule has 0 unspecified atom stereocenters. The zero-order valence-corrected chi connectivity index (χ0v) is 13.2. The molecule has 19 heavy (non-hydrogen) atoms. The normalized spacial score (nSPS) is 10.6. The van der Waals surface area contributed by atoms with Crippen LogP contribution in [-0.2, 0) is 12.3 Å². The number of para-hydroxylation sites is 1. The molecule has 0 atom stereocenters. The number of aromatic nitrogens is 1. The first-order chi connectivity index (χ1) is 9.33. The first-order valence-corrected chi connectivity index (χ1v) is 8.72. The van der Waals surface area contributed by atoms with E-state index in [2.05, 4.69) is 17.3 Å². The Hall–Kier alpha value is -0.710. The lowest BCUT2D eigenvalue weighted by Crippen LogP contribution is -2.00. The van der Waals surface area contributed by atoms with Crippen LogP contribution >= 0.6 is 34.7 Å². The largest absolute Gasteiger partial charge is 0.492 e. The lowest BCUT2D eigenvalue weighted by Gasteiger charge is -2.08. The van der Waals surface area contributed by atoms with Gasteiger partial charge in [-0.2, -0.15) is 0 Å². The van der Waals surface area contributed by atoms with E-state index in [1.807, 2.05) is 23.6 Å². The van der Waals surface area contributed by atoms with Gasteiger partial charge in [-0.05, 0) is 24.8 Å². The van der Waals surface area contributed by atoms with E-state index in [-0.39, 0.29) is 0 Å². The van der Waals surface area contributed by atoms with Crippen LogP contribution in [0.3, 0.4) is 0 Å². The number of thioether (sulfide) groups is 1. The predicted molar refractivity (Wildman–Crippen MR) is 83.7 cm³/mol. The van der Waals surface area contributed by atoms with Crippen LogP contribution in [0.5, 0.6) is 5.75 Å². The fourth-order valence-corrected chi connectivity index (χ4v) is 3.28. The number of hydrogen-bond acceptors (Lipinski definition) is 4. The number of halogens is 1. The van der Waals surface area contributed by atoms with E-state index in [4.69, 9.17) is 16.3 Å². The highest BCUT2D eigenvalue weighted by Crippen LogP contribution is 2.27. The molecule has 0 fully saturated rings. The van der Waals surface area contributed by atoms with Gasteiger partial charge in [-0.25, -0.2) is 4.98 Å². The lowest BCUT2D eigenvalue weighted by molar-refractivity contribution is 0.304. The molecule has 0 saturated carbocycles. The van der Waals surface area contributed by atoms with Gasteiger partial charge in [0.2, 0.25) is 0 Å². The summed E-state index contributed by atoms with van der Waals surface area (Å²) in [5.74, 6) is 1.46. The van der Waals surface area contributed by atoms with E-state index in [9.17, 15) is 0 Å². The highest BCUT2D eigenvalue weighted by atomic mass is 35.5. The molecule has 1 aromatic heterocycles. The van der Waals surface area contributed by atoms with E-state index < -0.39 is 0 Å². The molecule has 0 bridgehead atoms. The lowest BCUT2D eigenvalue weighted by atomic mass is 10.3.